The molecule has 1 heterocycles. The number of aliphatic hydroxyl groups is 1. The van der Waals surface area contributed by atoms with Gasteiger partial charge in [-0.3, -0.25) is 14.5 Å². The number of rotatable bonds is 11. The largest absolute Gasteiger partial charge is 0.507 e. The normalized spacial score (nSPS) is 17.1. The molecule has 1 atom stereocenters. The number of carbonyl (C=O) groups excluding carboxylic acids is 2. The van der Waals surface area contributed by atoms with Crippen LogP contribution in [0.3, 0.4) is 0 Å². The summed E-state index contributed by atoms with van der Waals surface area (Å²) in [6, 6.07) is 6.02. The molecular formula is C34H35F6NO5. The van der Waals surface area contributed by atoms with Crippen molar-refractivity contribution < 1.29 is 50.9 Å². The number of hydrogen-bond acceptors (Lipinski definition) is 5. The summed E-state index contributed by atoms with van der Waals surface area (Å²) in [5, 5.41) is 20.3. The van der Waals surface area contributed by atoms with Gasteiger partial charge in [-0.15, -0.1) is 0 Å². The zero-order valence-electron chi connectivity index (χ0n) is 25.6. The van der Waals surface area contributed by atoms with Gasteiger partial charge in [0.15, 0.2) is 0 Å². The summed E-state index contributed by atoms with van der Waals surface area (Å²) in [5.41, 5.74) is -6.65. The Morgan fingerprint density at radius 2 is 1.54 bits per heavy atom. The van der Waals surface area contributed by atoms with Crippen LogP contribution in [0.4, 0.5) is 26.3 Å². The molecule has 0 bridgehead atoms. The van der Waals surface area contributed by atoms with Crippen LogP contribution < -0.4 is 4.74 Å². The predicted molar refractivity (Wildman–Crippen MR) is 160 cm³/mol. The smallest absolute Gasteiger partial charge is 0.430 e. The SMILES string of the molecule is C=Cc1ccc(C2(CC)C=CC(=O)N(CC#CCOc3c(CCC)cc(C(O)(C(F)(F)F)C(F)(F)F)cc3CCC)C2=O)cc1O. The molecule has 2 amide bonds. The van der Waals surface area contributed by atoms with Crippen molar-refractivity contribution in [1.82, 2.24) is 4.90 Å². The Kier molecular flexibility index (Phi) is 11.1. The van der Waals surface area contributed by atoms with Gasteiger partial charge in [0.25, 0.3) is 11.5 Å². The minimum absolute atomic E-state index is 0.0437. The third kappa shape index (κ3) is 6.79. The van der Waals surface area contributed by atoms with Gasteiger partial charge < -0.3 is 14.9 Å². The average Bonchev–Trinajstić information content (AvgIpc) is 2.98. The van der Waals surface area contributed by atoms with E-state index in [0.29, 0.717) is 36.1 Å². The van der Waals surface area contributed by atoms with Crippen molar-refractivity contribution in [2.75, 3.05) is 13.2 Å². The molecule has 0 aromatic heterocycles. The van der Waals surface area contributed by atoms with Crippen molar-refractivity contribution in [3.8, 4) is 23.3 Å². The maximum Gasteiger partial charge on any atom is 0.430 e. The number of carbonyl (C=O) groups is 2. The van der Waals surface area contributed by atoms with Crippen LogP contribution in [0.25, 0.3) is 6.08 Å². The van der Waals surface area contributed by atoms with Crippen LogP contribution in [0.1, 0.15) is 67.9 Å². The van der Waals surface area contributed by atoms with E-state index < -0.39 is 40.7 Å². The van der Waals surface area contributed by atoms with Crippen LogP contribution in [0.5, 0.6) is 11.5 Å². The second-order valence-electron chi connectivity index (χ2n) is 10.8. The summed E-state index contributed by atoms with van der Waals surface area (Å²) in [5.74, 6) is 4.16. The number of aromatic hydroxyl groups is 1. The van der Waals surface area contributed by atoms with E-state index in [1.165, 1.54) is 24.3 Å². The molecule has 1 aliphatic heterocycles. The van der Waals surface area contributed by atoms with Gasteiger partial charge in [0.1, 0.15) is 18.1 Å². The predicted octanol–water partition coefficient (Wildman–Crippen LogP) is 6.91. The first-order chi connectivity index (χ1) is 21.5. The van der Waals surface area contributed by atoms with Crippen molar-refractivity contribution in [2.24, 2.45) is 0 Å². The van der Waals surface area contributed by atoms with Gasteiger partial charge in [-0.1, -0.05) is 76.3 Å². The number of ether oxygens (including phenoxy) is 1. The lowest BCUT2D eigenvalue weighted by Crippen LogP contribution is -2.54. The zero-order chi connectivity index (χ0) is 34.5. The Hall–Kier alpha value is -4.24. The Balaban J connectivity index is 1.90. The first kappa shape index (κ1) is 36.2. The highest BCUT2D eigenvalue weighted by Gasteiger charge is 2.71. The third-order valence-corrected chi connectivity index (χ3v) is 7.90. The van der Waals surface area contributed by atoms with Gasteiger partial charge in [0.2, 0.25) is 5.91 Å². The van der Waals surface area contributed by atoms with E-state index in [-0.39, 0.29) is 55.0 Å². The molecule has 0 fully saturated rings. The molecule has 0 aliphatic carbocycles. The molecule has 46 heavy (non-hydrogen) atoms. The Labute approximate surface area is 263 Å². The second kappa shape index (κ2) is 14.0. The summed E-state index contributed by atoms with van der Waals surface area (Å²) < 4.78 is 87.6. The van der Waals surface area contributed by atoms with E-state index in [2.05, 4.69) is 18.4 Å². The second-order valence-corrected chi connectivity index (χ2v) is 10.8. The van der Waals surface area contributed by atoms with Crippen LogP contribution in [0.2, 0.25) is 0 Å². The Morgan fingerprint density at radius 1 is 0.957 bits per heavy atom. The number of amides is 2. The summed E-state index contributed by atoms with van der Waals surface area (Å²) in [7, 11) is 0. The molecule has 2 N–H and O–H groups in total. The molecule has 3 rings (SSSR count). The number of phenols is 1. The minimum Gasteiger partial charge on any atom is -0.507 e. The standard InChI is InChI=1S/C34H35F6NO5/c1-5-11-23-19-26(32(45,33(35,36)37)34(38,39)40)20-24(12-6-2)29(23)46-18-10-9-17-41-28(43)15-16-31(8-4,30(41)44)25-14-13-22(7-3)27(42)21-25/h7,13-16,19-21,42,45H,3,5-6,8,11-12,17-18H2,1-2,4H3. The topological polar surface area (TPSA) is 87.1 Å². The van der Waals surface area contributed by atoms with Gasteiger partial charge in [-0.2, -0.15) is 26.3 Å². The number of imide groups is 1. The molecule has 248 valence electrons. The molecule has 2 aromatic rings. The van der Waals surface area contributed by atoms with Crippen LogP contribution >= 0.6 is 0 Å². The molecule has 0 saturated carbocycles. The minimum atomic E-state index is -6.03. The fourth-order valence-electron chi connectivity index (χ4n) is 5.39. The van der Waals surface area contributed by atoms with Gasteiger partial charge in [0.05, 0.1) is 12.0 Å². The van der Waals surface area contributed by atoms with E-state index in [9.17, 15) is 46.1 Å². The molecule has 0 spiro atoms. The Bertz CT molecular complexity index is 1530. The quantitative estimate of drug-likeness (QED) is 0.157. The molecule has 6 nitrogen and oxygen atoms in total. The third-order valence-electron chi connectivity index (χ3n) is 7.90. The maximum absolute atomic E-state index is 13.6. The lowest BCUT2D eigenvalue weighted by atomic mass is 9.74. The fraction of sp³-hybridized carbons (Fsp3) is 0.412. The Morgan fingerprint density at radius 3 is 2.02 bits per heavy atom. The molecule has 0 radical (unpaired) electrons. The molecule has 1 unspecified atom stereocenters. The lowest BCUT2D eigenvalue weighted by Gasteiger charge is -2.36. The highest BCUT2D eigenvalue weighted by atomic mass is 19.4. The van der Waals surface area contributed by atoms with E-state index in [1.54, 1.807) is 32.9 Å². The van der Waals surface area contributed by atoms with E-state index in [1.807, 2.05) is 0 Å². The number of halogens is 6. The summed E-state index contributed by atoms with van der Waals surface area (Å²) >= 11 is 0. The number of phenolic OH excluding ortho intramolecular Hbond substituents is 1. The summed E-state index contributed by atoms with van der Waals surface area (Å²) in [6.45, 7) is 8.07. The van der Waals surface area contributed by atoms with Crippen molar-refractivity contribution in [2.45, 2.75) is 76.2 Å². The number of aryl methyl sites for hydroxylation is 2. The molecule has 0 saturated heterocycles. The monoisotopic (exact) mass is 651 g/mol. The molecule has 1 aliphatic rings. The first-order valence-electron chi connectivity index (χ1n) is 14.6. The van der Waals surface area contributed by atoms with Gasteiger partial charge in [-0.05, 0) is 54.2 Å². The van der Waals surface area contributed by atoms with E-state index in [4.69, 9.17) is 4.74 Å². The lowest BCUT2D eigenvalue weighted by molar-refractivity contribution is -0.376. The highest BCUT2D eigenvalue weighted by molar-refractivity contribution is 6.09. The highest BCUT2D eigenvalue weighted by Crippen LogP contribution is 2.51. The van der Waals surface area contributed by atoms with Crippen molar-refractivity contribution in [3.05, 3.63) is 76.9 Å². The van der Waals surface area contributed by atoms with Gasteiger partial charge >= 0.3 is 12.4 Å². The fourth-order valence-corrected chi connectivity index (χ4v) is 5.39. The number of hydrogen-bond donors (Lipinski definition) is 2. The van der Waals surface area contributed by atoms with Crippen LogP contribution in [0, 0.1) is 11.8 Å². The van der Waals surface area contributed by atoms with Crippen LogP contribution in [-0.4, -0.2) is 52.4 Å². The molecular weight excluding hydrogens is 616 g/mol. The average molecular weight is 652 g/mol. The number of alkyl halides is 6. The van der Waals surface area contributed by atoms with E-state index >= 15 is 0 Å². The zero-order valence-corrected chi connectivity index (χ0v) is 25.6. The van der Waals surface area contributed by atoms with Crippen molar-refractivity contribution in [1.29, 1.82) is 0 Å². The molecule has 12 heteroatoms. The summed E-state index contributed by atoms with van der Waals surface area (Å²) in [6.07, 6.45) is -6.77. The van der Waals surface area contributed by atoms with Crippen molar-refractivity contribution >= 4 is 17.9 Å². The summed E-state index contributed by atoms with van der Waals surface area (Å²) in [4.78, 5) is 27.2. The van der Waals surface area contributed by atoms with Crippen LogP contribution in [0.15, 0.2) is 49.1 Å². The van der Waals surface area contributed by atoms with Gasteiger partial charge in [-0.25, -0.2) is 0 Å². The van der Waals surface area contributed by atoms with E-state index in [0.717, 1.165) is 4.90 Å². The van der Waals surface area contributed by atoms with Gasteiger partial charge in [0, 0.05) is 17.2 Å². The number of benzene rings is 2. The maximum atomic E-state index is 13.6. The molecule has 2 aromatic carbocycles. The van der Waals surface area contributed by atoms with Crippen molar-refractivity contribution in [3.63, 3.8) is 0 Å². The first-order valence-corrected chi connectivity index (χ1v) is 14.6. The number of nitrogens with zero attached hydrogens (tertiary/aromatic N) is 1. The van der Waals surface area contributed by atoms with Crippen LogP contribution in [-0.2, 0) is 33.4 Å².